The second-order valence-electron chi connectivity index (χ2n) is 7.07. The molecule has 1 amide bonds. The fourth-order valence-corrected chi connectivity index (χ4v) is 5.23. The third-order valence-corrected chi connectivity index (χ3v) is 7.14. The van der Waals surface area contributed by atoms with Gasteiger partial charge in [-0.1, -0.05) is 17.7 Å². The standard InChI is InChI=1S/C20H20ClN3O5S/c21-14-6-7-17-18(12-14)29-20(26)24(17)11-8-19(25)22-15-4-3-5-16(13-15)30(27,28)23-9-1-2-10-23/h3-7,12-13H,1-2,8-11H2,(H,22,25). The number of halogens is 1. The number of aryl methyl sites for hydroxylation is 1. The number of amides is 1. The summed E-state index contributed by atoms with van der Waals surface area (Å²) in [5.74, 6) is -0.917. The third kappa shape index (κ3) is 4.14. The normalized spacial score (nSPS) is 15.0. The quantitative estimate of drug-likeness (QED) is 0.623. The fraction of sp³-hybridized carbons (Fsp3) is 0.300. The van der Waals surface area contributed by atoms with Gasteiger partial charge in [-0.05, 0) is 43.2 Å². The first-order valence-corrected chi connectivity index (χ1v) is 11.4. The van der Waals surface area contributed by atoms with Gasteiger partial charge in [-0.2, -0.15) is 4.31 Å². The predicted molar refractivity (Wildman–Crippen MR) is 113 cm³/mol. The lowest BCUT2D eigenvalue weighted by Gasteiger charge is -2.16. The molecule has 0 bridgehead atoms. The number of nitrogens with zero attached hydrogens (tertiary/aromatic N) is 2. The first kappa shape index (κ1) is 20.6. The van der Waals surface area contributed by atoms with Crippen molar-refractivity contribution in [2.24, 2.45) is 0 Å². The van der Waals surface area contributed by atoms with Gasteiger partial charge in [0.25, 0.3) is 0 Å². The maximum atomic E-state index is 12.7. The highest BCUT2D eigenvalue weighted by Crippen LogP contribution is 2.23. The minimum Gasteiger partial charge on any atom is -0.408 e. The van der Waals surface area contributed by atoms with Gasteiger partial charge in [0.2, 0.25) is 15.9 Å². The van der Waals surface area contributed by atoms with E-state index >= 15 is 0 Å². The molecule has 1 aliphatic rings. The van der Waals surface area contributed by atoms with Crippen molar-refractivity contribution < 1.29 is 17.6 Å². The Morgan fingerprint density at radius 1 is 1.13 bits per heavy atom. The smallest absolute Gasteiger partial charge is 0.408 e. The number of benzene rings is 2. The van der Waals surface area contributed by atoms with Crippen LogP contribution in [-0.4, -0.2) is 36.3 Å². The van der Waals surface area contributed by atoms with Gasteiger partial charge < -0.3 is 9.73 Å². The van der Waals surface area contributed by atoms with Crippen molar-refractivity contribution in [2.45, 2.75) is 30.7 Å². The van der Waals surface area contributed by atoms with E-state index in [1.807, 2.05) is 0 Å². The lowest BCUT2D eigenvalue weighted by atomic mass is 10.3. The molecule has 0 aliphatic carbocycles. The summed E-state index contributed by atoms with van der Waals surface area (Å²) in [5.41, 5.74) is 1.29. The van der Waals surface area contributed by atoms with Crippen LogP contribution in [0.1, 0.15) is 19.3 Å². The van der Waals surface area contributed by atoms with Gasteiger partial charge >= 0.3 is 5.76 Å². The molecule has 3 aromatic rings. The number of carbonyl (C=O) groups excluding carboxylic acids is 1. The third-order valence-electron chi connectivity index (χ3n) is 5.01. The van der Waals surface area contributed by atoms with Gasteiger partial charge in [0.15, 0.2) is 5.58 Å². The molecule has 30 heavy (non-hydrogen) atoms. The topological polar surface area (TPSA) is 102 Å². The number of anilines is 1. The largest absolute Gasteiger partial charge is 0.419 e. The van der Waals surface area contributed by atoms with Crippen LogP contribution in [-0.2, 0) is 21.4 Å². The SMILES string of the molecule is O=C(CCn1c(=O)oc2cc(Cl)ccc21)Nc1cccc(S(=O)(=O)N2CCCC2)c1. The van der Waals surface area contributed by atoms with Crippen molar-refractivity contribution in [3.8, 4) is 0 Å². The number of carbonyl (C=O) groups is 1. The van der Waals surface area contributed by atoms with E-state index in [4.69, 9.17) is 16.0 Å². The summed E-state index contributed by atoms with van der Waals surface area (Å²) in [5, 5.41) is 3.14. The Bertz CT molecular complexity index is 1260. The highest BCUT2D eigenvalue weighted by Gasteiger charge is 2.27. The van der Waals surface area contributed by atoms with Crippen molar-refractivity contribution in [1.82, 2.24) is 8.87 Å². The zero-order valence-corrected chi connectivity index (χ0v) is 17.6. The fourth-order valence-electron chi connectivity index (χ4n) is 3.50. The number of oxazole rings is 1. The summed E-state index contributed by atoms with van der Waals surface area (Å²) >= 11 is 5.90. The first-order valence-electron chi connectivity index (χ1n) is 9.53. The molecule has 2 aromatic carbocycles. The van der Waals surface area contributed by atoms with Crippen LogP contribution in [0.4, 0.5) is 5.69 Å². The van der Waals surface area contributed by atoms with E-state index in [1.165, 1.54) is 21.0 Å². The first-order chi connectivity index (χ1) is 14.3. The van der Waals surface area contributed by atoms with Gasteiger partial charge in [0, 0.05) is 42.8 Å². The monoisotopic (exact) mass is 449 g/mol. The molecule has 0 atom stereocenters. The molecule has 1 fully saturated rings. The number of aromatic nitrogens is 1. The van der Waals surface area contributed by atoms with Crippen molar-refractivity contribution >= 4 is 44.3 Å². The molecule has 1 saturated heterocycles. The average molecular weight is 450 g/mol. The van der Waals surface area contributed by atoms with Crippen LogP contribution in [0.3, 0.4) is 0 Å². The van der Waals surface area contributed by atoms with Crippen molar-refractivity contribution in [1.29, 1.82) is 0 Å². The summed E-state index contributed by atoms with van der Waals surface area (Å²) in [6, 6.07) is 11.0. The average Bonchev–Trinajstić information content (AvgIpc) is 3.34. The lowest BCUT2D eigenvalue weighted by Crippen LogP contribution is -2.28. The molecule has 0 saturated carbocycles. The second kappa shape index (κ2) is 8.25. The van der Waals surface area contributed by atoms with Crippen LogP contribution in [0.2, 0.25) is 5.02 Å². The van der Waals surface area contributed by atoms with E-state index in [0.717, 1.165) is 12.8 Å². The van der Waals surface area contributed by atoms with Crippen molar-refractivity contribution in [3.05, 3.63) is 58.0 Å². The zero-order chi connectivity index (χ0) is 21.3. The number of hydrogen-bond donors (Lipinski definition) is 1. The van der Waals surface area contributed by atoms with E-state index in [0.29, 0.717) is 34.9 Å². The van der Waals surface area contributed by atoms with Crippen molar-refractivity contribution in [2.75, 3.05) is 18.4 Å². The summed E-state index contributed by atoms with van der Waals surface area (Å²) in [6.07, 6.45) is 1.72. The van der Waals surface area contributed by atoms with E-state index in [1.54, 1.807) is 30.3 Å². The second-order valence-corrected chi connectivity index (χ2v) is 9.44. The van der Waals surface area contributed by atoms with E-state index in [2.05, 4.69) is 5.32 Å². The molecule has 0 radical (unpaired) electrons. The highest BCUT2D eigenvalue weighted by molar-refractivity contribution is 7.89. The van der Waals surface area contributed by atoms with Gasteiger partial charge in [0.1, 0.15) is 0 Å². The van der Waals surface area contributed by atoms with E-state index < -0.39 is 15.8 Å². The molecule has 1 aliphatic heterocycles. The Morgan fingerprint density at radius 2 is 1.90 bits per heavy atom. The maximum absolute atomic E-state index is 12.7. The molecule has 0 unspecified atom stereocenters. The van der Waals surface area contributed by atoms with E-state index in [-0.39, 0.29) is 23.8 Å². The molecule has 158 valence electrons. The Morgan fingerprint density at radius 3 is 2.67 bits per heavy atom. The Hall–Kier alpha value is -2.62. The highest BCUT2D eigenvalue weighted by atomic mass is 35.5. The van der Waals surface area contributed by atoms with Crippen LogP contribution < -0.4 is 11.1 Å². The molecular formula is C20H20ClN3O5S. The van der Waals surface area contributed by atoms with Gasteiger partial charge in [-0.15, -0.1) is 0 Å². The molecule has 0 spiro atoms. The maximum Gasteiger partial charge on any atom is 0.419 e. The molecule has 1 N–H and O–H groups in total. The Balaban J connectivity index is 1.45. The Labute approximate surface area is 178 Å². The van der Waals surface area contributed by atoms with Gasteiger partial charge in [-0.25, -0.2) is 13.2 Å². The van der Waals surface area contributed by atoms with Crippen LogP contribution in [0.5, 0.6) is 0 Å². The summed E-state index contributed by atoms with van der Waals surface area (Å²) in [7, 11) is -3.56. The number of hydrogen-bond acceptors (Lipinski definition) is 5. The summed E-state index contributed by atoms with van der Waals surface area (Å²) in [6.45, 7) is 1.14. The van der Waals surface area contributed by atoms with Gasteiger partial charge in [-0.3, -0.25) is 9.36 Å². The summed E-state index contributed by atoms with van der Waals surface area (Å²) in [4.78, 5) is 24.6. The van der Waals surface area contributed by atoms with Crippen LogP contribution in [0.25, 0.3) is 11.1 Å². The number of fused-ring (bicyclic) bond motifs is 1. The molecule has 2 heterocycles. The molecular weight excluding hydrogens is 430 g/mol. The number of nitrogens with one attached hydrogen (secondary N) is 1. The van der Waals surface area contributed by atoms with Gasteiger partial charge in [0.05, 0.1) is 10.4 Å². The molecule has 8 nitrogen and oxygen atoms in total. The Kier molecular flexibility index (Phi) is 5.68. The lowest BCUT2D eigenvalue weighted by molar-refractivity contribution is -0.116. The van der Waals surface area contributed by atoms with Crippen LogP contribution in [0, 0.1) is 0 Å². The number of sulfonamides is 1. The molecule has 10 heteroatoms. The predicted octanol–water partition coefficient (Wildman–Crippen LogP) is 3.06. The molecule has 4 rings (SSSR count). The van der Waals surface area contributed by atoms with E-state index in [9.17, 15) is 18.0 Å². The zero-order valence-electron chi connectivity index (χ0n) is 16.0. The summed E-state index contributed by atoms with van der Waals surface area (Å²) < 4.78 is 33.4. The van der Waals surface area contributed by atoms with Crippen molar-refractivity contribution in [3.63, 3.8) is 0 Å². The molecule has 1 aromatic heterocycles. The van der Waals surface area contributed by atoms with Crippen LogP contribution in [0.15, 0.2) is 56.6 Å². The van der Waals surface area contributed by atoms with Crippen LogP contribution >= 0.6 is 11.6 Å². The number of rotatable bonds is 6. The minimum atomic E-state index is -3.56. The minimum absolute atomic E-state index is 0.0142.